The first kappa shape index (κ1) is 15.0. The molecule has 0 spiro atoms. The van der Waals surface area contributed by atoms with Gasteiger partial charge >= 0.3 is 10.8 Å². The molecule has 0 bridgehead atoms. The Hall–Kier alpha value is -2.31. The fourth-order valence-corrected chi connectivity index (χ4v) is 6.26. The van der Waals surface area contributed by atoms with Crippen LogP contribution in [0, 0.1) is 5.92 Å². The van der Waals surface area contributed by atoms with Crippen LogP contribution in [0.15, 0.2) is 64.4 Å². The third-order valence-corrected chi connectivity index (χ3v) is 7.19. The Morgan fingerprint density at radius 2 is 1.72 bits per heavy atom. The predicted molar refractivity (Wildman–Crippen MR) is 97.4 cm³/mol. The van der Waals surface area contributed by atoms with Crippen molar-refractivity contribution < 1.29 is 9.53 Å². The summed E-state index contributed by atoms with van der Waals surface area (Å²) in [5.74, 6) is -0.125. The largest absolute Gasteiger partial charge is 0.426 e. The lowest BCUT2D eigenvalue weighted by atomic mass is 9.78. The first-order valence-corrected chi connectivity index (χ1v) is 9.67. The summed E-state index contributed by atoms with van der Waals surface area (Å²) in [6, 6.07) is 17.6. The molecule has 4 nitrogen and oxygen atoms in total. The van der Waals surface area contributed by atoms with Gasteiger partial charge in [0.05, 0.1) is 16.2 Å². The molecule has 124 valence electrons. The van der Waals surface area contributed by atoms with Crippen LogP contribution in [-0.2, 0) is 4.79 Å². The van der Waals surface area contributed by atoms with E-state index < -0.39 is 0 Å². The Labute approximate surface area is 151 Å². The van der Waals surface area contributed by atoms with Crippen molar-refractivity contribution in [1.29, 1.82) is 0 Å². The summed E-state index contributed by atoms with van der Waals surface area (Å²) in [6.45, 7) is 0. The van der Waals surface area contributed by atoms with E-state index >= 15 is 0 Å². The van der Waals surface area contributed by atoms with Crippen molar-refractivity contribution in [2.45, 2.75) is 16.2 Å². The maximum atomic E-state index is 12.9. The molecule has 0 unspecified atom stereocenters. The SMILES string of the molecule is O=C1Oc2ccccc2[C@@H]2c3sc(=O)[nH]c3S[C@@H](c3ccccc3)[C@H]12. The molecule has 0 saturated carbocycles. The van der Waals surface area contributed by atoms with E-state index in [1.165, 1.54) is 11.3 Å². The molecule has 0 aliphatic carbocycles. The van der Waals surface area contributed by atoms with Gasteiger partial charge in [0.25, 0.3) is 0 Å². The van der Waals surface area contributed by atoms with Crippen molar-refractivity contribution in [1.82, 2.24) is 4.98 Å². The summed E-state index contributed by atoms with van der Waals surface area (Å²) in [5, 5.41) is 0.777. The van der Waals surface area contributed by atoms with E-state index in [2.05, 4.69) is 4.98 Å². The van der Waals surface area contributed by atoms with E-state index in [1.807, 2.05) is 54.6 Å². The lowest BCUT2D eigenvalue weighted by Gasteiger charge is -2.39. The van der Waals surface area contributed by atoms with E-state index in [-0.39, 0.29) is 27.9 Å². The Balaban J connectivity index is 1.75. The quantitative estimate of drug-likeness (QED) is 0.523. The number of rotatable bonds is 1. The number of benzene rings is 2. The molecule has 0 radical (unpaired) electrons. The number of esters is 1. The van der Waals surface area contributed by atoms with Crippen LogP contribution >= 0.6 is 23.1 Å². The second-order valence-electron chi connectivity index (χ2n) is 6.12. The number of carbonyl (C=O) groups excluding carboxylic acids is 1. The second kappa shape index (κ2) is 5.61. The highest BCUT2D eigenvalue weighted by molar-refractivity contribution is 7.99. The van der Waals surface area contributed by atoms with Gasteiger partial charge in [-0.1, -0.05) is 71.6 Å². The van der Waals surface area contributed by atoms with E-state index in [0.29, 0.717) is 5.75 Å². The number of para-hydroxylation sites is 1. The number of thioether (sulfide) groups is 1. The summed E-state index contributed by atoms with van der Waals surface area (Å²) < 4.78 is 5.64. The van der Waals surface area contributed by atoms with Crippen molar-refractivity contribution in [2.24, 2.45) is 5.92 Å². The summed E-state index contributed by atoms with van der Waals surface area (Å²) in [4.78, 5) is 28.7. The van der Waals surface area contributed by atoms with Crippen LogP contribution in [0.5, 0.6) is 5.75 Å². The number of ether oxygens (including phenoxy) is 1. The Kier molecular flexibility index (Phi) is 3.36. The first-order valence-electron chi connectivity index (χ1n) is 7.97. The summed E-state index contributed by atoms with van der Waals surface area (Å²) >= 11 is 2.75. The summed E-state index contributed by atoms with van der Waals surface area (Å²) in [7, 11) is 0. The normalized spacial score (nSPS) is 24.0. The smallest absolute Gasteiger partial charge is 0.316 e. The summed E-state index contributed by atoms with van der Waals surface area (Å²) in [6.07, 6.45) is 0. The molecular formula is C19H13NO3S2. The van der Waals surface area contributed by atoms with Crippen molar-refractivity contribution in [2.75, 3.05) is 0 Å². The second-order valence-corrected chi connectivity index (χ2v) is 8.29. The lowest BCUT2D eigenvalue weighted by Crippen LogP contribution is -2.37. The maximum Gasteiger partial charge on any atom is 0.316 e. The van der Waals surface area contributed by atoms with Crippen LogP contribution in [0.1, 0.15) is 27.2 Å². The number of hydrogen-bond acceptors (Lipinski definition) is 5. The number of carbonyl (C=O) groups is 1. The maximum absolute atomic E-state index is 12.9. The van der Waals surface area contributed by atoms with Crippen LogP contribution in [0.25, 0.3) is 0 Å². The molecule has 3 atom stereocenters. The van der Waals surface area contributed by atoms with Gasteiger partial charge < -0.3 is 9.72 Å². The number of nitrogens with one attached hydrogen (secondary N) is 1. The molecule has 3 aromatic rings. The van der Waals surface area contributed by atoms with Gasteiger partial charge in [0, 0.05) is 16.4 Å². The van der Waals surface area contributed by atoms with Crippen molar-refractivity contribution in [3.63, 3.8) is 0 Å². The van der Waals surface area contributed by atoms with Gasteiger partial charge in [-0.25, -0.2) is 0 Å². The minimum Gasteiger partial charge on any atom is -0.426 e. The molecule has 5 rings (SSSR count). The van der Waals surface area contributed by atoms with E-state index in [1.54, 1.807) is 11.8 Å². The van der Waals surface area contributed by atoms with Gasteiger partial charge in [-0.05, 0) is 11.6 Å². The topological polar surface area (TPSA) is 59.2 Å². The molecule has 0 saturated heterocycles. The molecule has 0 amide bonds. The highest BCUT2D eigenvalue weighted by Crippen LogP contribution is 2.58. The first-order chi connectivity index (χ1) is 12.2. The molecule has 2 aliphatic heterocycles. The molecular weight excluding hydrogens is 354 g/mol. The third kappa shape index (κ3) is 2.28. The standard InChI is InChI=1S/C19H13NO3S2/c21-18-14-13(11-8-4-5-9-12(11)23-18)16-17(20-19(22)25-16)24-15(14)10-6-2-1-3-7-10/h1-9,13-15H,(H,20,22)/t13-,14+,15-/m0/s1. The molecule has 6 heteroatoms. The summed E-state index contributed by atoms with van der Waals surface area (Å²) in [5.41, 5.74) is 2.04. The fraction of sp³-hybridized carbons (Fsp3) is 0.158. The monoisotopic (exact) mass is 367 g/mol. The van der Waals surface area contributed by atoms with E-state index in [4.69, 9.17) is 4.74 Å². The Morgan fingerprint density at radius 3 is 2.56 bits per heavy atom. The fourth-order valence-electron chi connectivity index (χ4n) is 3.68. The Bertz CT molecular complexity index is 1020. The van der Waals surface area contributed by atoms with E-state index in [0.717, 1.165) is 21.0 Å². The molecule has 0 fully saturated rings. The van der Waals surface area contributed by atoms with Gasteiger partial charge in [0.2, 0.25) is 0 Å². The third-order valence-electron chi connectivity index (χ3n) is 4.72. The number of thiazole rings is 1. The van der Waals surface area contributed by atoms with Crippen molar-refractivity contribution >= 4 is 29.1 Å². The predicted octanol–water partition coefficient (Wildman–Crippen LogP) is 3.95. The van der Waals surface area contributed by atoms with Crippen molar-refractivity contribution in [3.05, 3.63) is 80.3 Å². The molecule has 1 N–H and O–H groups in total. The number of fused-ring (bicyclic) bond motifs is 5. The van der Waals surface area contributed by atoms with Gasteiger partial charge in [0.15, 0.2) is 0 Å². The molecule has 3 heterocycles. The average Bonchev–Trinajstić information content (AvgIpc) is 3.01. The molecule has 2 aliphatic rings. The zero-order chi connectivity index (χ0) is 17.0. The van der Waals surface area contributed by atoms with Crippen molar-refractivity contribution in [3.8, 4) is 5.75 Å². The number of H-pyrrole nitrogens is 1. The average molecular weight is 367 g/mol. The number of aromatic nitrogens is 1. The van der Waals surface area contributed by atoms with Gasteiger partial charge in [-0.3, -0.25) is 9.59 Å². The number of hydrogen-bond donors (Lipinski definition) is 1. The minimum absolute atomic E-state index is 0.0821. The zero-order valence-corrected chi connectivity index (χ0v) is 14.6. The van der Waals surface area contributed by atoms with Gasteiger partial charge in [-0.2, -0.15) is 0 Å². The lowest BCUT2D eigenvalue weighted by molar-refractivity contribution is -0.140. The molecule has 1 aromatic heterocycles. The number of aromatic amines is 1. The van der Waals surface area contributed by atoms with Gasteiger partial charge in [-0.15, -0.1) is 0 Å². The van der Waals surface area contributed by atoms with Crippen LogP contribution in [0.3, 0.4) is 0 Å². The van der Waals surface area contributed by atoms with Crippen LogP contribution < -0.4 is 9.61 Å². The minimum atomic E-state index is -0.346. The van der Waals surface area contributed by atoms with Gasteiger partial charge in [0.1, 0.15) is 5.75 Å². The van der Waals surface area contributed by atoms with E-state index in [9.17, 15) is 9.59 Å². The Morgan fingerprint density at radius 1 is 0.960 bits per heavy atom. The van der Waals surface area contributed by atoms with Crippen LogP contribution in [0.2, 0.25) is 0 Å². The molecule has 25 heavy (non-hydrogen) atoms. The van der Waals surface area contributed by atoms with Crippen LogP contribution in [-0.4, -0.2) is 11.0 Å². The highest BCUT2D eigenvalue weighted by atomic mass is 32.2. The molecule has 2 aromatic carbocycles. The van der Waals surface area contributed by atoms with Crippen LogP contribution in [0.4, 0.5) is 0 Å². The zero-order valence-electron chi connectivity index (χ0n) is 13.0. The highest BCUT2D eigenvalue weighted by Gasteiger charge is 2.49.